The van der Waals surface area contributed by atoms with Gasteiger partial charge in [0.1, 0.15) is 16.9 Å². The molecule has 0 bridgehead atoms. The normalized spacial score (nSPS) is 16.1. The number of phenolic OH excluding ortho intramolecular Hbond substituents is 1. The third-order valence-corrected chi connectivity index (χ3v) is 6.95. The van der Waals surface area contributed by atoms with E-state index in [9.17, 15) is 19.5 Å². The highest BCUT2D eigenvalue weighted by atomic mass is 79.9. The van der Waals surface area contributed by atoms with Gasteiger partial charge in [0.2, 0.25) is 5.91 Å². The van der Waals surface area contributed by atoms with Gasteiger partial charge in [-0.2, -0.15) is 0 Å². The Bertz CT molecular complexity index is 1090. The predicted octanol–water partition coefficient (Wildman–Crippen LogP) is 3.06. The minimum atomic E-state index is -0.649. The Labute approximate surface area is 201 Å². The number of carbonyl (C=O) groups excluding carboxylic acids is 2. The van der Waals surface area contributed by atoms with Crippen molar-refractivity contribution >= 4 is 66.4 Å². The first kappa shape index (κ1) is 24.6. The van der Waals surface area contributed by atoms with Crippen molar-refractivity contribution in [1.82, 2.24) is 15.2 Å². The van der Waals surface area contributed by atoms with Gasteiger partial charge in [-0.15, -0.1) is 0 Å². The Morgan fingerprint density at radius 3 is 2.84 bits per heavy atom. The molecule has 1 aliphatic rings. The Kier molecular flexibility index (Phi) is 7.88. The lowest BCUT2D eigenvalue weighted by molar-refractivity contribution is -0.117. The van der Waals surface area contributed by atoms with Crippen LogP contribution in [0.5, 0.6) is 5.75 Å². The summed E-state index contributed by atoms with van der Waals surface area (Å²) in [7, 11) is 0. The van der Waals surface area contributed by atoms with E-state index in [4.69, 9.17) is 4.74 Å². The molecule has 2 heterocycles. The van der Waals surface area contributed by atoms with Gasteiger partial charge in [0.15, 0.2) is 5.17 Å². The second-order valence-corrected chi connectivity index (χ2v) is 10.8. The third-order valence-electron chi connectivity index (χ3n) is 4.45. The molecule has 32 heavy (non-hydrogen) atoms. The first-order chi connectivity index (χ1) is 15.1. The average molecular weight is 545 g/mol. The molecule has 2 amide bonds. The van der Waals surface area contributed by atoms with Gasteiger partial charge in [0, 0.05) is 18.8 Å². The fourth-order valence-electron chi connectivity index (χ4n) is 3.09. The summed E-state index contributed by atoms with van der Waals surface area (Å²) in [5.74, 6) is 0.476. The smallest absolute Gasteiger partial charge is 0.410 e. The number of nitrogens with one attached hydrogen (secondary N) is 2. The first-order valence-corrected chi connectivity index (χ1v) is 12.9. The molecule has 1 atom stereocenters. The van der Waals surface area contributed by atoms with Crippen molar-refractivity contribution in [2.24, 2.45) is 4.99 Å². The Morgan fingerprint density at radius 1 is 1.41 bits per heavy atom. The van der Waals surface area contributed by atoms with Crippen LogP contribution in [-0.2, 0) is 16.0 Å². The molecular weight excluding hydrogens is 520 g/mol. The molecule has 9 nitrogen and oxygen atoms in total. The molecular formula is C20H25BrN4O5S2. The minimum Gasteiger partial charge on any atom is -0.506 e. The number of thioether (sulfide) groups is 1. The van der Waals surface area contributed by atoms with Crippen molar-refractivity contribution in [2.45, 2.75) is 38.8 Å². The zero-order chi connectivity index (χ0) is 23.5. The van der Waals surface area contributed by atoms with E-state index >= 15 is 0 Å². The van der Waals surface area contributed by atoms with Gasteiger partial charge in [0.05, 0.1) is 16.1 Å². The van der Waals surface area contributed by atoms with Crippen molar-refractivity contribution in [3.05, 3.63) is 27.4 Å². The standard InChI is InChI=1S/C20H25BrN4O5S2/c1-20(2,3)30-19(29)25(9-12-10-31-17(22-12)23-14(27)8-21)7-6-11-4-5-13(26)15-16(11)32-18(28)24-15/h4-5,12,26H,6-10H2,1-3H3,(H,24,28)(H,22,23,27). The molecule has 3 rings (SSSR count). The molecule has 0 saturated carbocycles. The maximum Gasteiger partial charge on any atom is 0.410 e. The lowest BCUT2D eigenvalue weighted by Crippen LogP contribution is -2.42. The molecule has 0 aliphatic carbocycles. The number of benzene rings is 1. The summed E-state index contributed by atoms with van der Waals surface area (Å²) in [5, 5.41) is 13.5. The number of halogens is 1. The number of amidine groups is 1. The lowest BCUT2D eigenvalue weighted by Gasteiger charge is -2.28. The third kappa shape index (κ3) is 6.48. The number of H-pyrrole nitrogens is 1. The van der Waals surface area contributed by atoms with E-state index in [0.29, 0.717) is 40.6 Å². The Balaban J connectivity index is 1.75. The van der Waals surface area contributed by atoms with Crippen molar-refractivity contribution < 1.29 is 19.4 Å². The number of hydrogen-bond acceptors (Lipinski definition) is 8. The van der Waals surface area contributed by atoms with E-state index < -0.39 is 11.7 Å². The molecule has 1 aromatic carbocycles. The quantitative estimate of drug-likeness (QED) is 0.480. The maximum absolute atomic E-state index is 12.9. The molecule has 1 aromatic heterocycles. The van der Waals surface area contributed by atoms with E-state index in [0.717, 1.165) is 16.9 Å². The number of hydrogen-bond donors (Lipinski definition) is 3. The fraction of sp³-hybridized carbons (Fsp3) is 0.500. The minimum absolute atomic E-state index is 0.0153. The second kappa shape index (κ2) is 10.3. The highest BCUT2D eigenvalue weighted by Gasteiger charge is 2.28. The summed E-state index contributed by atoms with van der Waals surface area (Å²) in [6, 6.07) is 3.11. The van der Waals surface area contributed by atoms with Gasteiger partial charge in [-0.25, -0.2) is 4.79 Å². The molecule has 12 heteroatoms. The van der Waals surface area contributed by atoms with Crippen LogP contribution in [0.15, 0.2) is 21.9 Å². The van der Waals surface area contributed by atoms with Crippen LogP contribution >= 0.6 is 39.0 Å². The number of aromatic hydroxyl groups is 1. The molecule has 0 saturated heterocycles. The number of fused-ring (bicyclic) bond motifs is 1. The Hall–Kier alpha value is -2.05. The monoisotopic (exact) mass is 544 g/mol. The topological polar surface area (TPSA) is 124 Å². The number of alkyl halides is 1. The molecule has 0 spiro atoms. The summed E-state index contributed by atoms with van der Waals surface area (Å²) >= 11 is 5.57. The van der Waals surface area contributed by atoms with Crippen LogP contribution in [0.2, 0.25) is 0 Å². The van der Waals surface area contributed by atoms with Gasteiger partial charge in [-0.1, -0.05) is 45.1 Å². The van der Waals surface area contributed by atoms with Gasteiger partial charge in [-0.05, 0) is 38.8 Å². The van der Waals surface area contributed by atoms with Crippen LogP contribution < -0.4 is 10.2 Å². The Morgan fingerprint density at radius 2 is 2.16 bits per heavy atom. The fourth-order valence-corrected chi connectivity index (χ4v) is 5.07. The zero-order valence-electron chi connectivity index (χ0n) is 17.9. The predicted molar refractivity (Wildman–Crippen MR) is 131 cm³/mol. The van der Waals surface area contributed by atoms with E-state index in [1.165, 1.54) is 17.8 Å². The van der Waals surface area contributed by atoms with Crippen molar-refractivity contribution in [3.8, 4) is 5.75 Å². The van der Waals surface area contributed by atoms with Crippen LogP contribution in [0.25, 0.3) is 10.2 Å². The van der Waals surface area contributed by atoms with Crippen molar-refractivity contribution in [3.63, 3.8) is 0 Å². The largest absolute Gasteiger partial charge is 0.506 e. The maximum atomic E-state index is 12.9. The van der Waals surface area contributed by atoms with E-state index in [1.54, 1.807) is 31.7 Å². The summed E-state index contributed by atoms with van der Waals surface area (Å²) < 4.78 is 6.25. The number of nitrogens with zero attached hydrogens (tertiary/aromatic N) is 2. The summed E-state index contributed by atoms with van der Waals surface area (Å²) in [4.78, 5) is 44.7. The van der Waals surface area contributed by atoms with Gasteiger partial charge in [-0.3, -0.25) is 14.6 Å². The molecule has 3 N–H and O–H groups in total. The highest BCUT2D eigenvalue weighted by molar-refractivity contribution is 9.09. The number of carbonyl (C=O) groups is 2. The highest BCUT2D eigenvalue weighted by Crippen LogP contribution is 2.28. The number of aliphatic imine (C=N–C) groups is 1. The van der Waals surface area contributed by atoms with Crippen LogP contribution in [0.1, 0.15) is 26.3 Å². The number of amides is 2. The number of thiazole rings is 1. The van der Waals surface area contributed by atoms with Crippen molar-refractivity contribution in [2.75, 3.05) is 24.2 Å². The van der Waals surface area contributed by atoms with Crippen LogP contribution in [0.4, 0.5) is 4.79 Å². The average Bonchev–Trinajstić information content (AvgIpc) is 3.31. The molecule has 0 fully saturated rings. The summed E-state index contributed by atoms with van der Waals surface area (Å²) in [5.41, 5.74) is 0.610. The van der Waals surface area contributed by atoms with Gasteiger partial charge >= 0.3 is 11.0 Å². The molecule has 1 unspecified atom stereocenters. The van der Waals surface area contributed by atoms with Crippen LogP contribution in [-0.4, -0.2) is 68.0 Å². The lowest BCUT2D eigenvalue weighted by atomic mass is 10.1. The van der Waals surface area contributed by atoms with Crippen LogP contribution in [0, 0.1) is 0 Å². The molecule has 1 aliphatic heterocycles. The van der Waals surface area contributed by atoms with E-state index in [-0.39, 0.29) is 27.9 Å². The summed E-state index contributed by atoms with van der Waals surface area (Å²) in [6.45, 7) is 6.10. The second-order valence-electron chi connectivity index (χ2n) is 8.22. The first-order valence-electron chi connectivity index (χ1n) is 9.93. The number of aromatic amines is 1. The SMILES string of the molecule is CC(C)(C)OC(=O)N(CCc1ccc(O)c2[nH]c(=O)sc12)CC1CSC(NC(=O)CBr)=N1. The molecule has 2 aromatic rings. The van der Waals surface area contributed by atoms with Crippen molar-refractivity contribution in [1.29, 1.82) is 0 Å². The molecule has 0 radical (unpaired) electrons. The summed E-state index contributed by atoms with van der Waals surface area (Å²) in [6.07, 6.45) is 0.0218. The van der Waals surface area contributed by atoms with E-state index in [2.05, 4.69) is 31.2 Å². The number of rotatable bonds is 6. The van der Waals surface area contributed by atoms with Crippen LogP contribution in [0.3, 0.4) is 0 Å². The number of phenols is 1. The van der Waals surface area contributed by atoms with E-state index in [1.807, 2.05) is 0 Å². The zero-order valence-corrected chi connectivity index (χ0v) is 21.2. The van der Waals surface area contributed by atoms with Gasteiger partial charge < -0.3 is 25.0 Å². The number of ether oxygens (including phenoxy) is 1. The number of aromatic nitrogens is 1. The van der Waals surface area contributed by atoms with Gasteiger partial charge in [0.25, 0.3) is 0 Å². The molecule has 174 valence electrons.